The van der Waals surface area contributed by atoms with Crippen LogP contribution in [0.15, 0.2) is 23.0 Å². The number of rotatable bonds is 4. The van der Waals surface area contributed by atoms with E-state index in [9.17, 15) is 13.6 Å². The lowest BCUT2D eigenvalue weighted by molar-refractivity contribution is 0.366. The summed E-state index contributed by atoms with van der Waals surface area (Å²) in [7, 11) is 1.44. The van der Waals surface area contributed by atoms with Crippen LogP contribution in [0.4, 0.5) is 14.7 Å². The third kappa shape index (κ3) is 2.99. The number of nitrogens with one attached hydrogen (secondary N) is 1. The van der Waals surface area contributed by atoms with Crippen molar-refractivity contribution in [1.82, 2.24) is 24.4 Å². The van der Waals surface area contributed by atoms with Crippen LogP contribution in [0.3, 0.4) is 0 Å². The van der Waals surface area contributed by atoms with E-state index >= 15 is 0 Å². The molecule has 0 saturated carbocycles. The van der Waals surface area contributed by atoms with Gasteiger partial charge in [-0.05, 0) is 19.1 Å². The Morgan fingerprint density at radius 3 is 2.50 bits per heavy atom. The first kappa shape index (κ1) is 18.4. The third-order valence-electron chi connectivity index (χ3n) is 4.75. The van der Waals surface area contributed by atoms with Crippen LogP contribution in [-0.2, 0) is 13.6 Å². The van der Waals surface area contributed by atoms with Gasteiger partial charge in [-0.1, -0.05) is 6.07 Å². The number of fused-ring (bicyclic) bond motifs is 1. The average molecular weight is 390 g/mol. The Kier molecular flexibility index (Phi) is 4.71. The van der Waals surface area contributed by atoms with Crippen LogP contribution in [-0.4, -0.2) is 45.3 Å². The zero-order valence-corrected chi connectivity index (χ0v) is 15.6. The Morgan fingerprint density at radius 1 is 1.18 bits per heavy atom. The highest BCUT2D eigenvalue weighted by Crippen LogP contribution is 2.27. The van der Waals surface area contributed by atoms with Crippen LogP contribution < -0.4 is 20.5 Å². The molecule has 0 bridgehead atoms. The molecule has 3 heterocycles. The van der Waals surface area contributed by atoms with Crippen LogP contribution in [0, 0.1) is 11.6 Å². The molecule has 0 aliphatic carbocycles. The Labute approximate surface area is 159 Å². The van der Waals surface area contributed by atoms with Gasteiger partial charge in [-0.3, -0.25) is 9.36 Å². The van der Waals surface area contributed by atoms with Crippen LogP contribution in [0.1, 0.15) is 6.92 Å². The molecule has 0 unspecified atom stereocenters. The minimum Gasteiger partial charge on any atom is -0.419 e. The highest BCUT2D eigenvalue weighted by atomic mass is 19.1. The minimum atomic E-state index is -0.880. The Morgan fingerprint density at radius 2 is 1.86 bits per heavy atom. The number of piperazine rings is 1. The van der Waals surface area contributed by atoms with E-state index in [1.54, 1.807) is 0 Å². The van der Waals surface area contributed by atoms with Crippen molar-refractivity contribution in [2.45, 2.75) is 13.5 Å². The first-order chi connectivity index (χ1) is 13.5. The highest BCUT2D eigenvalue weighted by molar-refractivity contribution is 5.74. The molecular formula is C18H20F2N6O2. The largest absolute Gasteiger partial charge is 0.419 e. The van der Waals surface area contributed by atoms with Crippen molar-refractivity contribution in [3.63, 3.8) is 0 Å². The van der Waals surface area contributed by atoms with Crippen LogP contribution in [0.2, 0.25) is 0 Å². The molecule has 2 aromatic heterocycles. The van der Waals surface area contributed by atoms with Gasteiger partial charge >= 0.3 is 6.01 Å². The number of hydrogen-bond donors (Lipinski definition) is 1. The molecule has 4 rings (SSSR count). The van der Waals surface area contributed by atoms with Crippen LogP contribution in [0.5, 0.6) is 11.8 Å². The molecular weight excluding hydrogens is 370 g/mol. The molecule has 1 saturated heterocycles. The van der Waals surface area contributed by atoms with E-state index in [0.29, 0.717) is 18.0 Å². The fourth-order valence-electron chi connectivity index (χ4n) is 3.30. The van der Waals surface area contributed by atoms with Crippen molar-refractivity contribution in [2.75, 3.05) is 31.1 Å². The molecule has 3 aromatic rings. The zero-order valence-electron chi connectivity index (χ0n) is 15.6. The van der Waals surface area contributed by atoms with Gasteiger partial charge in [-0.2, -0.15) is 9.97 Å². The van der Waals surface area contributed by atoms with Crippen molar-refractivity contribution < 1.29 is 13.5 Å². The molecule has 148 valence electrons. The number of aryl methyl sites for hydroxylation is 1. The first-order valence-electron chi connectivity index (χ1n) is 9.06. The number of para-hydroxylation sites is 1. The summed E-state index contributed by atoms with van der Waals surface area (Å²) in [6, 6.07) is 3.15. The molecule has 10 heteroatoms. The van der Waals surface area contributed by atoms with Gasteiger partial charge in [-0.15, -0.1) is 0 Å². The molecule has 1 aliphatic heterocycles. The standard InChI is InChI=1S/C18H20F2N6O2/c1-3-26-13-15(22-17(26)25-9-7-21-8-10-25)23-18(24(2)16(13)27)28-14-11(19)5-4-6-12(14)20/h4-6,21H,3,7-10H2,1-2H3. The monoisotopic (exact) mass is 390 g/mol. The van der Waals surface area contributed by atoms with Crippen molar-refractivity contribution in [3.8, 4) is 11.8 Å². The molecule has 28 heavy (non-hydrogen) atoms. The maximum atomic E-state index is 13.9. The summed E-state index contributed by atoms with van der Waals surface area (Å²) in [6.07, 6.45) is 0. The summed E-state index contributed by atoms with van der Waals surface area (Å²) in [6.45, 7) is 5.61. The molecule has 0 spiro atoms. The maximum absolute atomic E-state index is 13.9. The minimum absolute atomic E-state index is 0.185. The van der Waals surface area contributed by atoms with Gasteiger partial charge in [0.05, 0.1) is 0 Å². The number of nitrogens with zero attached hydrogens (tertiary/aromatic N) is 5. The SMILES string of the molecule is CCn1c(N2CCNCC2)nc2nc(Oc3c(F)cccc3F)n(C)c(=O)c21. The van der Waals surface area contributed by atoms with Crippen LogP contribution in [0.25, 0.3) is 11.2 Å². The Bertz CT molecular complexity index is 1070. The van der Waals surface area contributed by atoms with Gasteiger partial charge in [0.2, 0.25) is 11.7 Å². The van der Waals surface area contributed by atoms with Gasteiger partial charge in [0.15, 0.2) is 22.8 Å². The highest BCUT2D eigenvalue weighted by Gasteiger charge is 2.23. The number of imidazole rings is 1. The Balaban J connectivity index is 1.84. The van der Waals surface area contributed by atoms with Gasteiger partial charge in [-0.25, -0.2) is 8.78 Å². The van der Waals surface area contributed by atoms with E-state index in [1.807, 2.05) is 11.5 Å². The lowest BCUT2D eigenvalue weighted by Gasteiger charge is -2.28. The van der Waals surface area contributed by atoms with Gasteiger partial charge in [0, 0.05) is 39.8 Å². The predicted molar refractivity (Wildman–Crippen MR) is 100.0 cm³/mol. The predicted octanol–water partition coefficient (Wildman–Crippen LogP) is 1.63. The second-order valence-corrected chi connectivity index (χ2v) is 6.48. The topological polar surface area (TPSA) is 77.2 Å². The third-order valence-corrected chi connectivity index (χ3v) is 4.75. The van der Waals surface area contributed by atoms with Crippen molar-refractivity contribution in [1.29, 1.82) is 0 Å². The number of halogens is 2. The second-order valence-electron chi connectivity index (χ2n) is 6.48. The normalized spacial score (nSPS) is 14.6. The summed E-state index contributed by atoms with van der Waals surface area (Å²) in [5, 5.41) is 3.27. The van der Waals surface area contributed by atoms with Crippen LogP contribution >= 0.6 is 0 Å². The maximum Gasteiger partial charge on any atom is 0.306 e. The van der Waals surface area contributed by atoms with E-state index in [2.05, 4.69) is 20.2 Å². The van der Waals surface area contributed by atoms with Gasteiger partial charge < -0.3 is 19.5 Å². The molecule has 0 radical (unpaired) electrons. The van der Waals surface area contributed by atoms with Gasteiger partial charge in [0.1, 0.15) is 0 Å². The molecule has 0 amide bonds. The smallest absolute Gasteiger partial charge is 0.306 e. The number of aromatic nitrogens is 4. The molecule has 8 nitrogen and oxygen atoms in total. The lowest BCUT2D eigenvalue weighted by atomic mass is 10.3. The fraction of sp³-hybridized carbons (Fsp3) is 0.389. The zero-order chi connectivity index (χ0) is 19.8. The lowest BCUT2D eigenvalue weighted by Crippen LogP contribution is -2.44. The summed E-state index contributed by atoms with van der Waals surface area (Å²) in [4.78, 5) is 23.8. The summed E-state index contributed by atoms with van der Waals surface area (Å²) in [5.41, 5.74) is 0.123. The number of anilines is 1. The summed E-state index contributed by atoms with van der Waals surface area (Å²) in [5.74, 6) is -1.72. The molecule has 0 atom stereocenters. The second kappa shape index (κ2) is 7.19. The average Bonchev–Trinajstić information content (AvgIpc) is 3.07. The number of hydrogen-bond acceptors (Lipinski definition) is 6. The quantitative estimate of drug-likeness (QED) is 0.730. The molecule has 1 N–H and O–H groups in total. The van der Waals surface area contributed by atoms with E-state index in [1.165, 1.54) is 13.1 Å². The van der Waals surface area contributed by atoms with Crippen molar-refractivity contribution >= 4 is 17.1 Å². The first-order valence-corrected chi connectivity index (χ1v) is 9.06. The summed E-state index contributed by atoms with van der Waals surface area (Å²) >= 11 is 0. The van der Waals surface area contributed by atoms with E-state index in [-0.39, 0.29) is 11.7 Å². The number of ether oxygens (including phenoxy) is 1. The van der Waals surface area contributed by atoms with Gasteiger partial charge in [0.25, 0.3) is 5.56 Å². The van der Waals surface area contributed by atoms with E-state index in [4.69, 9.17) is 4.74 Å². The number of benzene rings is 1. The Hall–Kier alpha value is -3.01. The molecule has 1 aromatic carbocycles. The molecule has 1 aliphatic rings. The van der Waals surface area contributed by atoms with Crippen molar-refractivity contribution in [3.05, 3.63) is 40.2 Å². The van der Waals surface area contributed by atoms with E-state index in [0.717, 1.165) is 42.9 Å². The van der Waals surface area contributed by atoms with Crippen molar-refractivity contribution in [2.24, 2.45) is 7.05 Å². The fourth-order valence-corrected chi connectivity index (χ4v) is 3.30. The molecule has 1 fully saturated rings. The summed E-state index contributed by atoms with van der Waals surface area (Å²) < 4.78 is 36.1. The van der Waals surface area contributed by atoms with E-state index < -0.39 is 22.9 Å².